The van der Waals surface area contributed by atoms with Gasteiger partial charge in [0.1, 0.15) is 0 Å². The Bertz CT molecular complexity index is 4130. The molecule has 69 heavy (non-hydrogen) atoms. The molecule has 0 spiro atoms. The topological polar surface area (TPSA) is 12.6 Å². The van der Waals surface area contributed by atoms with E-state index in [-0.39, 0.29) is 0 Å². The summed E-state index contributed by atoms with van der Waals surface area (Å²) in [6.45, 7) is 0. The van der Waals surface area contributed by atoms with Gasteiger partial charge in [-0.25, -0.2) is 0 Å². The number of fused-ring (bicyclic) bond motifs is 9. The third-order valence-corrected chi connectivity index (χ3v) is 14.3. The lowest BCUT2D eigenvalue weighted by molar-refractivity contribution is 1.18. The SMILES string of the molecule is c1ccc(-c2ccc(-c3ccc(N(c4ccc(-c5ccc(-n6c7ccccc7c7ccccc76)cc5)cc4)c4ccc(-c5ccc6c(c5)c5cccc7c8ccccc8n6c75)cc4)cc3)cc2)cc1. The zero-order valence-electron chi connectivity index (χ0n) is 37.7. The summed E-state index contributed by atoms with van der Waals surface area (Å²) in [7, 11) is 0. The number of nitrogens with zero attached hydrogens (tertiary/aromatic N) is 3. The van der Waals surface area contributed by atoms with Gasteiger partial charge < -0.3 is 13.9 Å². The number of para-hydroxylation sites is 4. The quantitative estimate of drug-likeness (QED) is 0.148. The van der Waals surface area contributed by atoms with Gasteiger partial charge in [0.25, 0.3) is 0 Å². The standard InChI is InChI=1S/C66H43N3/c1-2-11-44(12-3-1)45-21-23-46(24-22-45)47-25-34-52(35-26-47)67(53-36-27-48(28-37-53)49-29-40-55(41-30-49)68-62-18-7-4-13-56(62)57-14-5-8-19-63(57)68)54-38-31-50(32-39-54)51-33-42-65-61(43-51)60-17-10-16-59-58-15-6-9-20-64(58)69(65)66(59)60/h1-43H. The molecule has 0 saturated carbocycles. The fraction of sp³-hybridized carbons (Fsp3) is 0. The molecule has 3 nitrogen and oxygen atoms in total. The molecule has 14 aromatic rings. The number of anilines is 3. The molecular weight excluding hydrogens is 835 g/mol. The molecule has 3 heterocycles. The predicted octanol–water partition coefficient (Wildman–Crippen LogP) is 18.1. The predicted molar refractivity (Wildman–Crippen MR) is 292 cm³/mol. The van der Waals surface area contributed by atoms with Crippen LogP contribution in [0, 0.1) is 0 Å². The maximum absolute atomic E-state index is 2.44. The third kappa shape index (κ3) is 6.36. The average molecular weight is 878 g/mol. The molecule has 322 valence electrons. The molecule has 0 aliphatic carbocycles. The van der Waals surface area contributed by atoms with Crippen molar-refractivity contribution in [2.24, 2.45) is 0 Å². The number of hydrogen-bond donors (Lipinski definition) is 0. The van der Waals surface area contributed by atoms with Gasteiger partial charge in [0, 0.05) is 55.1 Å². The van der Waals surface area contributed by atoms with Crippen molar-refractivity contribution < 1.29 is 0 Å². The van der Waals surface area contributed by atoms with Crippen LogP contribution in [-0.2, 0) is 0 Å². The summed E-state index contributed by atoms with van der Waals surface area (Å²) in [5.74, 6) is 0. The van der Waals surface area contributed by atoms with Crippen molar-refractivity contribution in [1.29, 1.82) is 0 Å². The minimum Gasteiger partial charge on any atom is -0.311 e. The van der Waals surface area contributed by atoms with Gasteiger partial charge in [-0.2, -0.15) is 0 Å². The number of benzene rings is 11. The first-order valence-electron chi connectivity index (χ1n) is 23.7. The first-order chi connectivity index (χ1) is 34.2. The zero-order chi connectivity index (χ0) is 45.4. The van der Waals surface area contributed by atoms with E-state index in [1.807, 2.05) is 0 Å². The van der Waals surface area contributed by atoms with Crippen LogP contribution < -0.4 is 4.90 Å². The van der Waals surface area contributed by atoms with Gasteiger partial charge in [-0.1, -0.05) is 182 Å². The van der Waals surface area contributed by atoms with E-state index in [4.69, 9.17) is 0 Å². The Morgan fingerprint density at radius 3 is 1.10 bits per heavy atom. The van der Waals surface area contributed by atoms with Crippen LogP contribution in [0.4, 0.5) is 17.1 Å². The van der Waals surface area contributed by atoms with Gasteiger partial charge in [-0.3, -0.25) is 0 Å². The summed E-state index contributed by atoms with van der Waals surface area (Å²) in [5, 5.41) is 7.72. The van der Waals surface area contributed by atoms with Crippen molar-refractivity contribution in [3.63, 3.8) is 0 Å². The lowest BCUT2D eigenvalue weighted by Gasteiger charge is -2.26. The van der Waals surface area contributed by atoms with E-state index >= 15 is 0 Å². The molecule has 0 aliphatic rings. The van der Waals surface area contributed by atoms with Crippen molar-refractivity contribution >= 4 is 77.0 Å². The third-order valence-electron chi connectivity index (χ3n) is 14.3. The molecule has 0 N–H and O–H groups in total. The largest absolute Gasteiger partial charge is 0.311 e. The Hall–Kier alpha value is -9.18. The van der Waals surface area contributed by atoms with Gasteiger partial charge in [-0.15, -0.1) is 0 Å². The van der Waals surface area contributed by atoms with Crippen LogP contribution in [-0.4, -0.2) is 8.97 Å². The second-order valence-electron chi connectivity index (χ2n) is 18.1. The van der Waals surface area contributed by atoms with E-state index in [0.29, 0.717) is 0 Å². The van der Waals surface area contributed by atoms with E-state index < -0.39 is 0 Å². The minimum absolute atomic E-state index is 1.09. The van der Waals surface area contributed by atoms with E-state index in [1.54, 1.807) is 0 Å². The highest BCUT2D eigenvalue weighted by Crippen LogP contribution is 2.42. The molecule has 0 amide bonds. The van der Waals surface area contributed by atoms with Crippen LogP contribution in [0.25, 0.3) is 110 Å². The second kappa shape index (κ2) is 15.7. The first kappa shape index (κ1) is 39.0. The van der Waals surface area contributed by atoms with Gasteiger partial charge in [0.05, 0.1) is 27.6 Å². The van der Waals surface area contributed by atoms with E-state index in [1.165, 1.54) is 104 Å². The summed E-state index contributed by atoms with van der Waals surface area (Å²) in [5.41, 5.74) is 20.2. The van der Waals surface area contributed by atoms with E-state index in [9.17, 15) is 0 Å². The Morgan fingerprint density at radius 1 is 0.232 bits per heavy atom. The highest BCUT2D eigenvalue weighted by atomic mass is 15.1. The van der Waals surface area contributed by atoms with Crippen molar-refractivity contribution in [3.8, 4) is 50.2 Å². The molecule has 0 bridgehead atoms. The van der Waals surface area contributed by atoms with Crippen LogP contribution >= 0.6 is 0 Å². The smallest absolute Gasteiger partial charge is 0.0620 e. The Labute approximate surface area is 400 Å². The highest BCUT2D eigenvalue weighted by molar-refractivity contribution is 6.23. The number of rotatable bonds is 8. The minimum atomic E-state index is 1.09. The monoisotopic (exact) mass is 877 g/mol. The molecule has 0 aliphatic heterocycles. The van der Waals surface area contributed by atoms with E-state index in [2.05, 4.69) is 275 Å². The molecule has 0 unspecified atom stereocenters. The summed E-state index contributed by atoms with van der Waals surface area (Å²) in [4.78, 5) is 2.36. The number of hydrogen-bond acceptors (Lipinski definition) is 1. The zero-order valence-corrected chi connectivity index (χ0v) is 37.7. The molecule has 3 aromatic heterocycles. The second-order valence-corrected chi connectivity index (χ2v) is 18.1. The van der Waals surface area contributed by atoms with Crippen LogP contribution in [0.5, 0.6) is 0 Å². The van der Waals surface area contributed by atoms with Crippen molar-refractivity contribution in [1.82, 2.24) is 8.97 Å². The van der Waals surface area contributed by atoms with Crippen LogP contribution in [0.2, 0.25) is 0 Å². The lowest BCUT2D eigenvalue weighted by atomic mass is 9.99. The highest BCUT2D eigenvalue weighted by Gasteiger charge is 2.19. The average Bonchev–Trinajstić information content (AvgIpc) is 4.07. The van der Waals surface area contributed by atoms with Crippen molar-refractivity contribution in [2.75, 3.05) is 4.90 Å². The molecule has 11 aromatic carbocycles. The maximum Gasteiger partial charge on any atom is 0.0620 e. The fourth-order valence-electron chi connectivity index (χ4n) is 11.0. The van der Waals surface area contributed by atoms with Gasteiger partial charge in [-0.05, 0) is 123 Å². The van der Waals surface area contributed by atoms with Crippen LogP contribution in [0.15, 0.2) is 261 Å². The summed E-state index contributed by atoms with van der Waals surface area (Å²) >= 11 is 0. The van der Waals surface area contributed by atoms with Gasteiger partial charge in [0.2, 0.25) is 0 Å². The molecule has 0 atom stereocenters. The van der Waals surface area contributed by atoms with Crippen molar-refractivity contribution in [3.05, 3.63) is 261 Å². The molecular formula is C66H43N3. The molecule has 0 saturated heterocycles. The van der Waals surface area contributed by atoms with Crippen LogP contribution in [0.1, 0.15) is 0 Å². The molecule has 0 fully saturated rings. The summed E-state index contributed by atoms with van der Waals surface area (Å²) in [6, 6.07) is 95.2. The fourth-order valence-corrected chi connectivity index (χ4v) is 11.0. The summed E-state index contributed by atoms with van der Waals surface area (Å²) in [6.07, 6.45) is 0. The Balaban J connectivity index is 0.811. The van der Waals surface area contributed by atoms with Gasteiger partial charge in [0.15, 0.2) is 0 Å². The Kier molecular flexibility index (Phi) is 8.90. The molecule has 3 heteroatoms. The Morgan fingerprint density at radius 2 is 0.580 bits per heavy atom. The first-order valence-corrected chi connectivity index (χ1v) is 23.7. The summed E-state index contributed by atoms with van der Waals surface area (Å²) < 4.78 is 4.81. The van der Waals surface area contributed by atoms with Crippen molar-refractivity contribution in [2.45, 2.75) is 0 Å². The van der Waals surface area contributed by atoms with E-state index in [0.717, 1.165) is 22.7 Å². The normalized spacial score (nSPS) is 11.8. The molecule has 0 radical (unpaired) electrons. The maximum atomic E-state index is 2.44. The van der Waals surface area contributed by atoms with Crippen LogP contribution in [0.3, 0.4) is 0 Å². The number of aromatic nitrogens is 2. The molecule has 14 rings (SSSR count). The lowest BCUT2D eigenvalue weighted by Crippen LogP contribution is -2.09. The van der Waals surface area contributed by atoms with Gasteiger partial charge >= 0.3 is 0 Å².